The van der Waals surface area contributed by atoms with Gasteiger partial charge in [0.25, 0.3) is 5.91 Å². The van der Waals surface area contributed by atoms with E-state index in [0.717, 1.165) is 24.3 Å². The monoisotopic (exact) mass is 569 g/mol. The number of allylic oxidation sites excluding steroid dienone is 1. The molecule has 204 valence electrons. The van der Waals surface area contributed by atoms with E-state index in [-0.39, 0.29) is 5.69 Å². The highest BCUT2D eigenvalue weighted by Gasteiger charge is 2.32. The summed E-state index contributed by atoms with van der Waals surface area (Å²) in [6.45, 7) is 0. The Bertz CT molecular complexity index is 1860. The summed E-state index contributed by atoms with van der Waals surface area (Å²) in [5, 5.41) is -0.917. The van der Waals surface area contributed by atoms with Crippen LogP contribution >= 0.6 is 0 Å². The zero-order chi connectivity index (χ0) is 29.0. The summed E-state index contributed by atoms with van der Waals surface area (Å²) in [6, 6.07) is 4.46. The summed E-state index contributed by atoms with van der Waals surface area (Å²) in [7, 11) is 0. The van der Waals surface area contributed by atoms with Crippen LogP contribution in [0.2, 0.25) is 0 Å². The fourth-order valence-corrected chi connectivity index (χ4v) is 4.12. The summed E-state index contributed by atoms with van der Waals surface area (Å²) in [4.78, 5) is 20.2. The molecule has 0 spiro atoms. The maximum atomic E-state index is 14.8. The number of nitrogens with zero attached hydrogens (tertiary/aromatic N) is 1. The first-order chi connectivity index (χ1) is 18.9. The Morgan fingerprint density at radius 1 is 0.575 bits per heavy atom. The van der Waals surface area contributed by atoms with Crippen molar-refractivity contribution in [2.24, 2.45) is 4.99 Å². The van der Waals surface area contributed by atoms with Crippen molar-refractivity contribution in [2.45, 2.75) is 0 Å². The van der Waals surface area contributed by atoms with Crippen molar-refractivity contribution in [2.75, 3.05) is 0 Å². The lowest BCUT2D eigenvalue weighted by Gasteiger charge is -2.12. The predicted molar refractivity (Wildman–Crippen MR) is 119 cm³/mol. The largest absolute Gasteiger partial charge is 0.361 e. The number of H-pyrrole nitrogens is 2. The molecule has 40 heavy (non-hydrogen) atoms. The van der Waals surface area contributed by atoms with Crippen LogP contribution in [0.1, 0.15) is 16.8 Å². The van der Waals surface area contributed by atoms with Crippen molar-refractivity contribution >= 4 is 22.8 Å². The second kappa shape index (κ2) is 9.70. The van der Waals surface area contributed by atoms with Gasteiger partial charge < -0.3 is 9.97 Å². The molecule has 0 radical (unpaired) electrons. The topological polar surface area (TPSA) is 61.0 Å². The molecule has 0 saturated carbocycles. The average molecular weight is 569 g/mol. The summed E-state index contributed by atoms with van der Waals surface area (Å²) in [5.74, 6) is -24.0. The molecule has 4 aromatic rings. The van der Waals surface area contributed by atoms with Crippen molar-refractivity contribution in [1.82, 2.24) is 9.97 Å². The van der Waals surface area contributed by atoms with E-state index in [2.05, 4.69) is 15.0 Å². The third-order valence-corrected chi connectivity index (χ3v) is 5.88. The number of nitrogens with one attached hydrogen (secondary N) is 2. The molecular weight excluding hydrogens is 560 g/mol. The minimum absolute atomic E-state index is 0.192. The normalized spacial score (nSPS) is 14.7. The molecule has 3 heterocycles. The zero-order valence-electron chi connectivity index (χ0n) is 19.2. The van der Waals surface area contributed by atoms with Gasteiger partial charge in [-0.1, -0.05) is 0 Å². The molecule has 1 aliphatic heterocycles. The van der Waals surface area contributed by atoms with Gasteiger partial charge in [0.2, 0.25) is 11.6 Å². The van der Waals surface area contributed by atoms with E-state index in [1.807, 2.05) is 0 Å². The number of hydrogen-bond acceptors (Lipinski definition) is 1. The molecule has 1 aliphatic rings. The lowest BCUT2D eigenvalue weighted by molar-refractivity contribution is -0.113. The number of benzene rings is 2. The SMILES string of the molecule is O=C1C=CC(/C(c2c(F)c(F)c(F)c(F)c2F)=c2/cc/c(=C(\c3ccc[nH]3)c3c(F)c(F)c(F)c(F)c3F)[nH]2)=N1. The van der Waals surface area contributed by atoms with E-state index < -0.39 is 103 Å². The molecule has 0 aliphatic carbocycles. The minimum atomic E-state index is -2.46. The van der Waals surface area contributed by atoms with E-state index in [1.165, 1.54) is 18.3 Å². The maximum absolute atomic E-state index is 14.8. The third-order valence-electron chi connectivity index (χ3n) is 5.88. The van der Waals surface area contributed by atoms with E-state index in [9.17, 15) is 48.7 Å². The molecule has 0 saturated heterocycles. The summed E-state index contributed by atoms with van der Waals surface area (Å²) in [5.41, 5.74) is -5.12. The van der Waals surface area contributed by atoms with Gasteiger partial charge in [0, 0.05) is 39.8 Å². The highest BCUT2D eigenvalue weighted by atomic mass is 19.2. The fraction of sp³-hybridized carbons (Fsp3) is 0. The van der Waals surface area contributed by atoms with Crippen molar-refractivity contribution < 1.29 is 48.7 Å². The number of aliphatic imine (C=N–C) groups is 1. The van der Waals surface area contributed by atoms with Crippen LogP contribution in [0.15, 0.2) is 47.6 Å². The van der Waals surface area contributed by atoms with Gasteiger partial charge in [0.15, 0.2) is 46.5 Å². The van der Waals surface area contributed by atoms with Gasteiger partial charge in [0.1, 0.15) is 0 Å². The van der Waals surface area contributed by atoms with Gasteiger partial charge in [0.05, 0.1) is 16.8 Å². The molecule has 2 aromatic heterocycles. The number of carbonyl (C=O) groups excluding carboxylic acids is 1. The lowest BCUT2D eigenvalue weighted by Crippen LogP contribution is -2.23. The van der Waals surface area contributed by atoms with Gasteiger partial charge in [-0.3, -0.25) is 4.79 Å². The van der Waals surface area contributed by atoms with Gasteiger partial charge in [-0.05, 0) is 30.3 Å². The maximum Gasteiger partial charge on any atom is 0.270 e. The van der Waals surface area contributed by atoms with Crippen LogP contribution in [-0.2, 0) is 4.79 Å². The second-order valence-electron chi connectivity index (χ2n) is 8.18. The standard InChI is InChI=1S/C26H9F10N3O/c27-17-15(18(28)22(32)25(35)21(17)31)13(8-2-1-7-37-8)9-3-4-10(38-9)14(11-5-6-12(40)39-11)16-19(29)23(33)26(36)24(34)20(16)30/h1-7,37-38H/b13-9-,14-10+. The number of hydrogen-bond donors (Lipinski definition) is 2. The number of rotatable bonds is 4. The number of carbonyl (C=O) groups is 1. The van der Waals surface area contributed by atoms with Crippen LogP contribution in [0.25, 0.3) is 11.1 Å². The Kier molecular flexibility index (Phi) is 6.48. The van der Waals surface area contributed by atoms with Crippen molar-refractivity contribution in [3.8, 4) is 0 Å². The lowest BCUT2D eigenvalue weighted by atomic mass is 9.98. The molecule has 0 fully saturated rings. The van der Waals surface area contributed by atoms with Crippen molar-refractivity contribution in [3.05, 3.63) is 128 Å². The first-order valence-corrected chi connectivity index (χ1v) is 10.9. The number of aromatic amines is 2. The van der Waals surface area contributed by atoms with Gasteiger partial charge in [-0.15, -0.1) is 0 Å². The van der Waals surface area contributed by atoms with Crippen LogP contribution in [0.3, 0.4) is 0 Å². The molecular formula is C26H9F10N3O. The minimum Gasteiger partial charge on any atom is -0.361 e. The summed E-state index contributed by atoms with van der Waals surface area (Å²) < 4.78 is 143. The van der Waals surface area contributed by atoms with Gasteiger partial charge in [-0.2, -0.15) is 0 Å². The molecule has 0 atom stereocenters. The molecule has 0 bridgehead atoms. The first-order valence-electron chi connectivity index (χ1n) is 10.9. The van der Waals surface area contributed by atoms with Crippen LogP contribution in [0, 0.1) is 58.2 Å². The number of amides is 1. The fourth-order valence-electron chi connectivity index (χ4n) is 4.12. The van der Waals surface area contributed by atoms with Crippen molar-refractivity contribution in [1.29, 1.82) is 0 Å². The summed E-state index contributed by atoms with van der Waals surface area (Å²) >= 11 is 0. The molecule has 1 amide bonds. The molecule has 2 aromatic carbocycles. The number of aromatic nitrogens is 2. The summed E-state index contributed by atoms with van der Waals surface area (Å²) in [6.07, 6.45) is 2.99. The highest BCUT2D eigenvalue weighted by molar-refractivity contribution is 6.34. The third kappa shape index (κ3) is 4.03. The average Bonchev–Trinajstić information content (AvgIpc) is 3.72. The molecule has 4 nitrogen and oxygen atoms in total. The Labute approximate surface area is 215 Å². The Morgan fingerprint density at radius 2 is 1.02 bits per heavy atom. The van der Waals surface area contributed by atoms with E-state index in [1.54, 1.807) is 0 Å². The van der Waals surface area contributed by atoms with Crippen LogP contribution < -0.4 is 10.7 Å². The molecule has 2 N–H and O–H groups in total. The molecule has 14 heteroatoms. The van der Waals surface area contributed by atoms with Gasteiger partial charge in [-0.25, -0.2) is 48.9 Å². The highest BCUT2D eigenvalue weighted by Crippen LogP contribution is 2.31. The first kappa shape index (κ1) is 26.7. The van der Waals surface area contributed by atoms with Crippen molar-refractivity contribution in [3.63, 3.8) is 0 Å². The van der Waals surface area contributed by atoms with E-state index in [0.29, 0.717) is 0 Å². The Morgan fingerprint density at radius 3 is 1.45 bits per heavy atom. The van der Waals surface area contributed by atoms with Crippen LogP contribution in [-0.4, -0.2) is 21.6 Å². The quantitative estimate of drug-likeness (QED) is 0.209. The number of halogens is 10. The molecule has 0 unspecified atom stereocenters. The Balaban J connectivity index is 1.96. The van der Waals surface area contributed by atoms with Crippen LogP contribution in [0.5, 0.6) is 0 Å². The van der Waals surface area contributed by atoms with E-state index >= 15 is 0 Å². The Hall–Kier alpha value is -4.88. The molecule has 5 rings (SSSR count). The second-order valence-corrected chi connectivity index (χ2v) is 8.18. The van der Waals surface area contributed by atoms with Crippen LogP contribution in [0.4, 0.5) is 43.9 Å². The van der Waals surface area contributed by atoms with Gasteiger partial charge >= 0.3 is 0 Å². The zero-order valence-corrected chi connectivity index (χ0v) is 19.2. The predicted octanol–water partition coefficient (Wildman–Crippen LogP) is 4.72. The smallest absolute Gasteiger partial charge is 0.270 e. The van der Waals surface area contributed by atoms with E-state index in [4.69, 9.17) is 0 Å².